The van der Waals surface area contributed by atoms with Crippen LogP contribution in [0.3, 0.4) is 0 Å². The average molecular weight is 269 g/mol. The van der Waals surface area contributed by atoms with E-state index in [0.717, 1.165) is 24.3 Å². The van der Waals surface area contributed by atoms with Crippen molar-refractivity contribution in [3.8, 4) is 11.5 Å². The van der Waals surface area contributed by atoms with Gasteiger partial charge < -0.3 is 15.2 Å². The third kappa shape index (κ3) is 2.49. The van der Waals surface area contributed by atoms with Gasteiger partial charge in [0.2, 0.25) is 0 Å². The third-order valence-corrected chi connectivity index (χ3v) is 3.71. The minimum absolute atomic E-state index is 0.0268. The summed E-state index contributed by atoms with van der Waals surface area (Å²) in [6.45, 7) is 3.03. The van der Waals surface area contributed by atoms with Crippen molar-refractivity contribution in [1.82, 2.24) is 5.32 Å². The lowest BCUT2D eigenvalue weighted by Gasteiger charge is -2.33. The lowest BCUT2D eigenvalue weighted by atomic mass is 9.93. The van der Waals surface area contributed by atoms with Crippen molar-refractivity contribution in [2.24, 2.45) is 0 Å². The van der Waals surface area contributed by atoms with Crippen LogP contribution in [0, 0.1) is 0 Å². The van der Waals surface area contributed by atoms with E-state index in [4.69, 9.17) is 4.74 Å². The minimum atomic E-state index is -0.0268. The highest BCUT2D eigenvalue weighted by Gasteiger charge is 2.28. The maximum absolute atomic E-state index is 9.64. The van der Waals surface area contributed by atoms with E-state index in [1.807, 2.05) is 30.3 Å². The lowest BCUT2D eigenvalue weighted by molar-refractivity contribution is 0.152. The van der Waals surface area contributed by atoms with Crippen LogP contribution >= 0.6 is 0 Å². The topological polar surface area (TPSA) is 41.5 Å². The molecule has 0 aliphatic carbocycles. The second kappa shape index (κ2) is 5.55. The van der Waals surface area contributed by atoms with Crippen LogP contribution < -0.4 is 10.1 Å². The molecule has 2 aromatic carbocycles. The number of para-hydroxylation sites is 1. The van der Waals surface area contributed by atoms with Crippen molar-refractivity contribution >= 4 is 0 Å². The molecule has 3 rings (SSSR count). The van der Waals surface area contributed by atoms with Crippen LogP contribution in [-0.4, -0.2) is 11.7 Å². The Balaban J connectivity index is 1.93. The van der Waals surface area contributed by atoms with E-state index >= 15 is 0 Å². The Labute approximate surface area is 119 Å². The monoisotopic (exact) mass is 269 g/mol. The molecule has 104 valence electrons. The Bertz CT molecular complexity index is 597. The standard InChI is InChI=1S/C17H19NO2/c1-2-18-15-11-17(12-6-5-7-13(19)10-12)20-16-9-4-3-8-14(15)16/h3-10,15,17-19H,2,11H2,1H3. The molecule has 2 atom stereocenters. The van der Waals surface area contributed by atoms with Gasteiger partial charge in [0.05, 0.1) is 0 Å². The Morgan fingerprint density at radius 2 is 2.05 bits per heavy atom. The number of fused-ring (bicyclic) bond motifs is 1. The van der Waals surface area contributed by atoms with Crippen LogP contribution in [0.1, 0.15) is 36.6 Å². The van der Waals surface area contributed by atoms with Crippen LogP contribution in [0.2, 0.25) is 0 Å². The average Bonchev–Trinajstić information content (AvgIpc) is 2.47. The van der Waals surface area contributed by atoms with Gasteiger partial charge in [0.1, 0.15) is 17.6 Å². The molecule has 1 aliphatic heterocycles. The predicted octanol–water partition coefficient (Wildman–Crippen LogP) is 3.57. The summed E-state index contributed by atoms with van der Waals surface area (Å²) in [7, 11) is 0. The number of rotatable bonds is 3. The molecule has 0 aromatic heterocycles. The number of phenolic OH excluding ortho intramolecular Hbond substituents is 1. The number of phenols is 1. The fourth-order valence-electron chi connectivity index (χ4n) is 2.79. The van der Waals surface area contributed by atoms with Crippen molar-refractivity contribution in [3.63, 3.8) is 0 Å². The quantitative estimate of drug-likeness (QED) is 0.895. The molecule has 0 amide bonds. The zero-order valence-corrected chi connectivity index (χ0v) is 11.5. The van der Waals surface area contributed by atoms with Gasteiger partial charge in [0.25, 0.3) is 0 Å². The maximum atomic E-state index is 9.64. The first kappa shape index (κ1) is 13.0. The highest BCUT2D eigenvalue weighted by molar-refractivity contribution is 5.40. The second-order valence-corrected chi connectivity index (χ2v) is 5.09. The van der Waals surface area contributed by atoms with Crippen molar-refractivity contribution < 1.29 is 9.84 Å². The largest absolute Gasteiger partial charge is 0.508 e. The lowest BCUT2D eigenvalue weighted by Crippen LogP contribution is -2.28. The number of hydrogen-bond donors (Lipinski definition) is 2. The summed E-state index contributed by atoms with van der Waals surface area (Å²) >= 11 is 0. The number of nitrogens with one attached hydrogen (secondary N) is 1. The molecule has 1 aliphatic rings. The Hall–Kier alpha value is -2.00. The molecule has 2 aromatic rings. The van der Waals surface area contributed by atoms with E-state index in [0.29, 0.717) is 0 Å². The van der Waals surface area contributed by atoms with Crippen LogP contribution in [0.25, 0.3) is 0 Å². The molecular weight excluding hydrogens is 250 g/mol. The van der Waals surface area contributed by atoms with Crippen molar-refractivity contribution in [1.29, 1.82) is 0 Å². The van der Waals surface area contributed by atoms with Gasteiger partial charge >= 0.3 is 0 Å². The molecule has 3 nitrogen and oxygen atoms in total. The summed E-state index contributed by atoms with van der Waals surface area (Å²) in [4.78, 5) is 0. The summed E-state index contributed by atoms with van der Waals surface area (Å²) in [5, 5.41) is 13.1. The van der Waals surface area contributed by atoms with Gasteiger partial charge in [0.15, 0.2) is 0 Å². The zero-order chi connectivity index (χ0) is 13.9. The molecule has 0 saturated heterocycles. The molecule has 0 spiro atoms. The Kier molecular flexibility index (Phi) is 3.61. The molecule has 1 heterocycles. The predicted molar refractivity (Wildman–Crippen MR) is 79.0 cm³/mol. The van der Waals surface area contributed by atoms with E-state index < -0.39 is 0 Å². The van der Waals surface area contributed by atoms with E-state index in [1.165, 1.54) is 5.56 Å². The molecule has 20 heavy (non-hydrogen) atoms. The van der Waals surface area contributed by atoms with Gasteiger partial charge in [0, 0.05) is 18.0 Å². The first-order valence-electron chi connectivity index (χ1n) is 7.06. The molecule has 2 N–H and O–H groups in total. The van der Waals surface area contributed by atoms with E-state index in [9.17, 15) is 5.11 Å². The van der Waals surface area contributed by atoms with Gasteiger partial charge in [-0.05, 0) is 30.3 Å². The van der Waals surface area contributed by atoms with Crippen LogP contribution in [-0.2, 0) is 0 Å². The first-order valence-corrected chi connectivity index (χ1v) is 7.06. The maximum Gasteiger partial charge on any atom is 0.126 e. The highest BCUT2D eigenvalue weighted by atomic mass is 16.5. The molecule has 3 heteroatoms. The smallest absolute Gasteiger partial charge is 0.126 e. The van der Waals surface area contributed by atoms with Gasteiger partial charge in [-0.25, -0.2) is 0 Å². The summed E-state index contributed by atoms with van der Waals surface area (Å²) < 4.78 is 6.10. The molecule has 0 saturated carbocycles. The highest BCUT2D eigenvalue weighted by Crippen LogP contribution is 2.40. The number of hydrogen-bond acceptors (Lipinski definition) is 3. The minimum Gasteiger partial charge on any atom is -0.508 e. The van der Waals surface area contributed by atoms with Crippen LogP contribution in [0.4, 0.5) is 0 Å². The molecule has 0 bridgehead atoms. The van der Waals surface area contributed by atoms with Crippen molar-refractivity contribution in [2.75, 3.05) is 6.54 Å². The molecular formula is C17H19NO2. The normalized spacial score (nSPS) is 21.1. The third-order valence-electron chi connectivity index (χ3n) is 3.71. The second-order valence-electron chi connectivity index (χ2n) is 5.09. The van der Waals surface area contributed by atoms with Gasteiger partial charge in [-0.3, -0.25) is 0 Å². The fourth-order valence-corrected chi connectivity index (χ4v) is 2.79. The van der Waals surface area contributed by atoms with E-state index in [-0.39, 0.29) is 17.9 Å². The zero-order valence-electron chi connectivity index (χ0n) is 11.5. The van der Waals surface area contributed by atoms with Gasteiger partial charge in [-0.1, -0.05) is 37.3 Å². The molecule has 2 unspecified atom stereocenters. The van der Waals surface area contributed by atoms with Gasteiger partial charge in [-0.15, -0.1) is 0 Å². The van der Waals surface area contributed by atoms with Gasteiger partial charge in [-0.2, -0.15) is 0 Å². The van der Waals surface area contributed by atoms with Crippen molar-refractivity contribution in [3.05, 3.63) is 59.7 Å². The fraction of sp³-hybridized carbons (Fsp3) is 0.294. The SMILES string of the molecule is CCNC1CC(c2cccc(O)c2)Oc2ccccc21. The summed E-state index contributed by atoms with van der Waals surface area (Å²) in [6, 6.07) is 15.8. The molecule has 0 radical (unpaired) electrons. The number of benzene rings is 2. The molecule has 0 fully saturated rings. The first-order chi connectivity index (χ1) is 9.78. The summed E-state index contributed by atoms with van der Waals surface area (Å²) in [5.41, 5.74) is 2.23. The summed E-state index contributed by atoms with van der Waals surface area (Å²) in [5.74, 6) is 1.21. The number of aromatic hydroxyl groups is 1. The van der Waals surface area contributed by atoms with E-state index in [1.54, 1.807) is 12.1 Å². The van der Waals surface area contributed by atoms with Crippen LogP contribution in [0.5, 0.6) is 11.5 Å². The van der Waals surface area contributed by atoms with Crippen LogP contribution in [0.15, 0.2) is 48.5 Å². The Morgan fingerprint density at radius 3 is 2.85 bits per heavy atom. The van der Waals surface area contributed by atoms with E-state index in [2.05, 4.69) is 18.3 Å². The number of ether oxygens (including phenoxy) is 1. The van der Waals surface area contributed by atoms with Crippen molar-refractivity contribution in [2.45, 2.75) is 25.5 Å². The Morgan fingerprint density at radius 1 is 1.20 bits per heavy atom. The summed E-state index contributed by atoms with van der Waals surface area (Å²) in [6.07, 6.45) is 0.843.